The van der Waals surface area contributed by atoms with Crippen LogP contribution >= 0.6 is 0 Å². The summed E-state index contributed by atoms with van der Waals surface area (Å²) in [6.45, 7) is 1.94. The van der Waals surface area contributed by atoms with Gasteiger partial charge >= 0.3 is 0 Å². The Morgan fingerprint density at radius 2 is 2.50 bits per heavy atom. The highest BCUT2D eigenvalue weighted by Crippen LogP contribution is 2.26. The van der Waals surface area contributed by atoms with Crippen molar-refractivity contribution in [1.29, 1.82) is 0 Å². The van der Waals surface area contributed by atoms with E-state index < -0.39 is 0 Å². The van der Waals surface area contributed by atoms with Gasteiger partial charge in [0.2, 0.25) is 0 Å². The van der Waals surface area contributed by atoms with Crippen molar-refractivity contribution in [3.63, 3.8) is 0 Å². The van der Waals surface area contributed by atoms with Crippen LogP contribution in [0.3, 0.4) is 0 Å². The summed E-state index contributed by atoms with van der Waals surface area (Å²) in [5, 5.41) is 10.2. The van der Waals surface area contributed by atoms with Gasteiger partial charge in [0, 0.05) is 0 Å². The van der Waals surface area contributed by atoms with Crippen LogP contribution in [-0.4, -0.2) is 18.4 Å². The molecular weight excluding hydrogens is 156 g/mol. The number of hydrogen-bond donors (Lipinski definition) is 1. The van der Waals surface area contributed by atoms with Crippen molar-refractivity contribution in [3.8, 4) is 0 Å². The molecule has 2 rings (SSSR count). The molecule has 0 aliphatic carbocycles. The molecule has 1 unspecified atom stereocenters. The molecule has 62 valence electrons. The summed E-state index contributed by atoms with van der Waals surface area (Å²) < 4.78 is 0. The van der Waals surface area contributed by atoms with Crippen LogP contribution in [0.4, 0.5) is 0 Å². The van der Waals surface area contributed by atoms with Crippen LogP contribution in [0.25, 0.3) is 0 Å². The molecule has 0 spiro atoms. The molecule has 1 N–H and O–H groups in total. The first kappa shape index (κ1) is 7.15. The highest BCUT2D eigenvalue weighted by atomic mass is 16.2. The number of carbonyl (C=O) groups is 1. The van der Waals surface area contributed by atoms with Crippen molar-refractivity contribution >= 4 is 12.2 Å². The van der Waals surface area contributed by atoms with Crippen molar-refractivity contribution in [2.75, 3.05) is 0 Å². The van der Waals surface area contributed by atoms with Gasteiger partial charge in [-0.05, 0) is 6.42 Å². The van der Waals surface area contributed by atoms with Crippen LogP contribution < -0.4 is 5.32 Å². The second kappa shape index (κ2) is 2.51. The average molecular weight is 164 g/mol. The zero-order valence-electron chi connectivity index (χ0n) is 6.61. The number of rotatable bonds is 1. The Kier molecular flexibility index (Phi) is 1.49. The normalized spacial score (nSPS) is 26.1. The minimum absolute atomic E-state index is 0.128. The Morgan fingerprint density at radius 3 is 3.25 bits per heavy atom. The molecule has 5 heteroatoms. The summed E-state index contributed by atoms with van der Waals surface area (Å²) in [7, 11) is 0. The zero-order valence-corrected chi connectivity index (χ0v) is 6.61. The van der Waals surface area contributed by atoms with E-state index in [-0.39, 0.29) is 12.1 Å². The highest BCUT2D eigenvalue weighted by Gasteiger charge is 2.30. The summed E-state index contributed by atoms with van der Waals surface area (Å²) in [6.07, 6.45) is 1.71. The van der Waals surface area contributed by atoms with E-state index in [4.69, 9.17) is 0 Å². The van der Waals surface area contributed by atoms with Crippen LogP contribution in [0, 0.1) is 0 Å². The van der Waals surface area contributed by atoms with Gasteiger partial charge < -0.3 is 5.32 Å². The summed E-state index contributed by atoms with van der Waals surface area (Å²) in [5.74, 6) is -0.128. The van der Waals surface area contributed by atoms with E-state index in [9.17, 15) is 4.79 Å². The van der Waals surface area contributed by atoms with E-state index in [1.165, 1.54) is 6.34 Å². The number of nitrogens with one attached hydrogen (secondary N) is 1. The molecule has 1 amide bonds. The molecule has 1 atom stereocenters. The third-order valence-electron chi connectivity index (χ3n) is 1.85. The maximum Gasteiger partial charge on any atom is 0.258 e. The van der Waals surface area contributed by atoms with E-state index in [1.807, 2.05) is 6.92 Å². The van der Waals surface area contributed by atoms with Crippen molar-refractivity contribution in [2.24, 2.45) is 15.2 Å². The van der Waals surface area contributed by atoms with E-state index in [2.05, 4.69) is 20.5 Å². The van der Waals surface area contributed by atoms with Gasteiger partial charge in [-0.2, -0.15) is 10.2 Å². The number of hydrogen-bond acceptors (Lipinski definition) is 4. The van der Waals surface area contributed by atoms with Crippen molar-refractivity contribution in [3.05, 3.63) is 11.3 Å². The van der Waals surface area contributed by atoms with Crippen LogP contribution in [0.1, 0.15) is 13.3 Å². The van der Waals surface area contributed by atoms with Gasteiger partial charge in [-0.3, -0.25) is 4.79 Å². The van der Waals surface area contributed by atoms with Crippen molar-refractivity contribution in [2.45, 2.75) is 19.5 Å². The van der Waals surface area contributed by atoms with Gasteiger partial charge in [-0.25, -0.2) is 4.99 Å². The van der Waals surface area contributed by atoms with E-state index in [0.717, 1.165) is 12.1 Å². The Hall–Kier alpha value is -1.52. The second-order valence-corrected chi connectivity index (χ2v) is 2.55. The summed E-state index contributed by atoms with van der Waals surface area (Å²) in [4.78, 5) is 15.2. The van der Waals surface area contributed by atoms with E-state index in [1.54, 1.807) is 0 Å². The molecule has 2 aliphatic heterocycles. The van der Waals surface area contributed by atoms with Gasteiger partial charge in [0.05, 0.1) is 17.6 Å². The Labute approximate surface area is 69.3 Å². The van der Waals surface area contributed by atoms with Gasteiger partial charge in [0.1, 0.15) is 0 Å². The summed E-state index contributed by atoms with van der Waals surface area (Å²) in [5.41, 5.74) is 1.34. The molecule has 2 aliphatic rings. The molecule has 5 nitrogen and oxygen atoms in total. The first-order valence-electron chi connectivity index (χ1n) is 3.79. The molecule has 2 heterocycles. The third kappa shape index (κ3) is 0.861. The van der Waals surface area contributed by atoms with Crippen LogP contribution in [-0.2, 0) is 4.79 Å². The lowest BCUT2D eigenvalue weighted by Crippen LogP contribution is -2.32. The van der Waals surface area contributed by atoms with Gasteiger partial charge in [0.15, 0.2) is 6.17 Å². The predicted octanol–water partition coefficient (Wildman–Crippen LogP) is 0.600. The fourth-order valence-electron chi connectivity index (χ4n) is 1.24. The monoisotopic (exact) mass is 164 g/mol. The number of amides is 1. The molecule has 0 aromatic heterocycles. The lowest BCUT2D eigenvalue weighted by atomic mass is 10.1. The molecule has 0 bridgehead atoms. The van der Waals surface area contributed by atoms with E-state index in [0.29, 0.717) is 5.57 Å². The summed E-state index contributed by atoms with van der Waals surface area (Å²) >= 11 is 0. The maximum atomic E-state index is 11.3. The van der Waals surface area contributed by atoms with Crippen LogP contribution in [0.2, 0.25) is 0 Å². The largest absolute Gasteiger partial charge is 0.313 e. The van der Waals surface area contributed by atoms with Gasteiger partial charge in [-0.1, -0.05) is 6.92 Å². The molecule has 0 radical (unpaired) electrons. The molecular formula is C7H8N4O. The minimum Gasteiger partial charge on any atom is -0.313 e. The predicted molar refractivity (Wildman–Crippen MR) is 42.6 cm³/mol. The number of fused-ring (bicyclic) bond motifs is 1. The van der Waals surface area contributed by atoms with Crippen LogP contribution in [0.5, 0.6) is 0 Å². The third-order valence-corrected chi connectivity index (χ3v) is 1.85. The first-order valence-corrected chi connectivity index (χ1v) is 3.79. The average Bonchev–Trinajstić information content (AvgIpc) is 2.49. The number of azo groups is 1. The van der Waals surface area contributed by atoms with Gasteiger partial charge in [0.25, 0.3) is 5.91 Å². The Bertz CT molecular complexity index is 315. The fourth-order valence-corrected chi connectivity index (χ4v) is 1.24. The smallest absolute Gasteiger partial charge is 0.258 e. The molecule has 0 fully saturated rings. The topological polar surface area (TPSA) is 66.2 Å². The first-order chi connectivity index (χ1) is 5.83. The number of allylic oxidation sites excluding steroid dienone is 1. The quantitative estimate of drug-likeness (QED) is 0.605. The molecule has 0 aromatic rings. The van der Waals surface area contributed by atoms with Crippen molar-refractivity contribution < 1.29 is 4.79 Å². The number of aliphatic imine (C=N–C) groups is 1. The molecule has 12 heavy (non-hydrogen) atoms. The Morgan fingerprint density at radius 1 is 1.67 bits per heavy atom. The highest BCUT2D eigenvalue weighted by molar-refractivity contribution is 6.03. The Balaban J connectivity index is 2.44. The van der Waals surface area contributed by atoms with E-state index >= 15 is 0 Å². The maximum absolute atomic E-state index is 11.3. The molecule has 0 saturated heterocycles. The second-order valence-electron chi connectivity index (χ2n) is 2.55. The molecule has 0 aromatic carbocycles. The van der Waals surface area contributed by atoms with Crippen molar-refractivity contribution in [1.82, 2.24) is 5.32 Å². The number of nitrogens with zero attached hydrogens (tertiary/aromatic N) is 3. The lowest BCUT2D eigenvalue weighted by Gasteiger charge is -2.11. The van der Waals surface area contributed by atoms with Crippen LogP contribution in [0.15, 0.2) is 26.5 Å². The molecule has 0 saturated carbocycles. The minimum atomic E-state index is -0.381. The lowest BCUT2D eigenvalue weighted by molar-refractivity contribution is -0.116. The summed E-state index contributed by atoms with van der Waals surface area (Å²) in [6, 6.07) is 0. The zero-order chi connectivity index (χ0) is 8.55. The van der Waals surface area contributed by atoms with Gasteiger partial charge in [-0.15, -0.1) is 0 Å². The fraction of sp³-hybridized carbons (Fsp3) is 0.429. The number of carbonyl (C=O) groups excluding carboxylic acids is 1. The SMILES string of the molecule is CCC1=C2C(=O)NC=NC2N=N1. The standard InChI is InChI=1S/C7H8N4O/c1-2-4-5-6(11-10-4)8-3-9-7(5)12/h3,6H,2H2,1H3,(H,8,9,12).